The Balaban J connectivity index is 3.02. The lowest BCUT2D eigenvalue weighted by Crippen LogP contribution is -1.89. The molecule has 0 saturated carbocycles. The molecule has 0 aliphatic heterocycles. The lowest BCUT2D eigenvalue weighted by molar-refractivity contribution is 0.559. The summed E-state index contributed by atoms with van der Waals surface area (Å²) in [5, 5.41) is 0.629. The molecule has 62 valence electrons. The predicted molar refractivity (Wildman–Crippen MR) is 48.0 cm³/mol. The van der Waals surface area contributed by atoms with Crippen LogP contribution in [0, 0.1) is 0 Å². The van der Waals surface area contributed by atoms with Gasteiger partial charge < -0.3 is 0 Å². The van der Waals surface area contributed by atoms with Crippen LogP contribution in [0.15, 0.2) is 29.3 Å². The predicted octanol–water partition coefficient (Wildman–Crippen LogP) is 2.74. The van der Waals surface area contributed by atoms with Crippen molar-refractivity contribution >= 4 is 17.7 Å². The Morgan fingerprint density at radius 2 is 2.17 bits per heavy atom. The smallest absolute Gasteiger partial charge is 0.211 e. The Morgan fingerprint density at radius 1 is 1.50 bits per heavy atom. The van der Waals surface area contributed by atoms with Crippen LogP contribution in [0.2, 0.25) is 5.02 Å². The topological polar surface area (TPSA) is 29.4 Å². The van der Waals surface area contributed by atoms with E-state index >= 15 is 0 Å². The van der Waals surface area contributed by atoms with Crippen molar-refractivity contribution in [3.8, 4) is 0 Å². The van der Waals surface area contributed by atoms with Gasteiger partial charge in [0.2, 0.25) is 6.08 Å². The first kappa shape index (κ1) is 8.98. The minimum absolute atomic E-state index is 0.212. The van der Waals surface area contributed by atoms with E-state index in [1.165, 1.54) is 6.08 Å². The van der Waals surface area contributed by atoms with Crippen LogP contribution in [0.4, 0.5) is 0 Å². The van der Waals surface area contributed by atoms with Crippen molar-refractivity contribution in [1.29, 1.82) is 0 Å². The first-order valence-electron chi connectivity index (χ1n) is 3.57. The molecule has 3 heteroatoms. The molecular formula is C9H8ClNO. The zero-order valence-electron chi connectivity index (χ0n) is 6.62. The summed E-state index contributed by atoms with van der Waals surface area (Å²) in [7, 11) is 0. The second-order valence-corrected chi connectivity index (χ2v) is 2.83. The first-order chi connectivity index (χ1) is 5.75. The highest BCUT2D eigenvalue weighted by molar-refractivity contribution is 6.31. The molecule has 1 rings (SSSR count). The maximum atomic E-state index is 9.97. The summed E-state index contributed by atoms with van der Waals surface area (Å²) in [6, 6.07) is 7.10. The van der Waals surface area contributed by atoms with Crippen LogP contribution < -0.4 is 0 Å². The molecule has 1 aromatic carbocycles. The second-order valence-electron chi connectivity index (χ2n) is 2.42. The fraction of sp³-hybridized carbons (Fsp3) is 0.222. The fourth-order valence-electron chi connectivity index (χ4n) is 0.963. The average Bonchev–Trinajstić information content (AvgIpc) is 2.05. The van der Waals surface area contributed by atoms with Crippen molar-refractivity contribution in [2.45, 2.75) is 13.0 Å². The molecule has 1 atom stereocenters. The molecule has 0 fully saturated rings. The van der Waals surface area contributed by atoms with E-state index in [9.17, 15) is 4.79 Å². The van der Waals surface area contributed by atoms with Gasteiger partial charge in [-0.05, 0) is 18.6 Å². The van der Waals surface area contributed by atoms with E-state index in [0.29, 0.717) is 5.02 Å². The van der Waals surface area contributed by atoms with Crippen molar-refractivity contribution in [3.05, 3.63) is 34.9 Å². The SMILES string of the molecule is CC(N=C=O)c1ccccc1Cl. The highest BCUT2D eigenvalue weighted by Crippen LogP contribution is 2.24. The molecule has 12 heavy (non-hydrogen) atoms. The standard InChI is InChI=1S/C9H8ClNO/c1-7(11-6-12)8-4-2-3-5-9(8)10/h2-5,7H,1H3. The van der Waals surface area contributed by atoms with E-state index in [0.717, 1.165) is 5.56 Å². The Hall–Kier alpha value is -1.11. The van der Waals surface area contributed by atoms with Crippen molar-refractivity contribution in [2.75, 3.05) is 0 Å². The quantitative estimate of drug-likeness (QED) is 0.510. The van der Waals surface area contributed by atoms with E-state index in [-0.39, 0.29) is 6.04 Å². The average molecular weight is 182 g/mol. The number of benzene rings is 1. The molecule has 0 aromatic heterocycles. The molecule has 0 bridgehead atoms. The van der Waals surface area contributed by atoms with E-state index < -0.39 is 0 Å². The van der Waals surface area contributed by atoms with Crippen molar-refractivity contribution in [2.24, 2.45) is 4.99 Å². The maximum absolute atomic E-state index is 9.97. The van der Waals surface area contributed by atoms with Crippen LogP contribution in [0.3, 0.4) is 0 Å². The molecular weight excluding hydrogens is 174 g/mol. The van der Waals surface area contributed by atoms with Gasteiger partial charge in [-0.25, -0.2) is 4.79 Å². The molecule has 0 aliphatic carbocycles. The summed E-state index contributed by atoms with van der Waals surface area (Å²) in [5.41, 5.74) is 0.850. The zero-order valence-corrected chi connectivity index (χ0v) is 7.38. The Kier molecular flexibility index (Phi) is 3.03. The van der Waals surface area contributed by atoms with Crippen LogP contribution in [0.25, 0.3) is 0 Å². The number of carbonyl (C=O) groups excluding carboxylic acids is 1. The third-order valence-corrected chi connectivity index (χ3v) is 1.95. The monoisotopic (exact) mass is 181 g/mol. The van der Waals surface area contributed by atoms with Gasteiger partial charge in [0.1, 0.15) is 0 Å². The van der Waals surface area contributed by atoms with E-state index in [4.69, 9.17) is 11.6 Å². The number of hydrogen-bond acceptors (Lipinski definition) is 2. The highest BCUT2D eigenvalue weighted by atomic mass is 35.5. The van der Waals surface area contributed by atoms with Gasteiger partial charge in [-0.1, -0.05) is 29.8 Å². The summed E-state index contributed by atoms with van der Waals surface area (Å²) in [6.07, 6.45) is 1.51. The summed E-state index contributed by atoms with van der Waals surface area (Å²) in [6.45, 7) is 1.80. The Morgan fingerprint density at radius 3 is 2.75 bits per heavy atom. The highest BCUT2D eigenvalue weighted by Gasteiger charge is 2.05. The van der Waals surface area contributed by atoms with Gasteiger partial charge in [0.15, 0.2) is 0 Å². The number of nitrogens with zero attached hydrogens (tertiary/aromatic N) is 1. The zero-order chi connectivity index (χ0) is 8.97. The number of isocyanates is 1. The molecule has 0 radical (unpaired) electrons. The molecule has 0 aliphatic rings. The van der Waals surface area contributed by atoms with Crippen molar-refractivity contribution < 1.29 is 4.79 Å². The molecule has 0 N–H and O–H groups in total. The molecule has 0 spiro atoms. The van der Waals surface area contributed by atoms with Crippen LogP contribution in [-0.4, -0.2) is 6.08 Å². The summed E-state index contributed by atoms with van der Waals surface area (Å²) in [4.78, 5) is 13.5. The van der Waals surface area contributed by atoms with E-state index in [2.05, 4.69) is 4.99 Å². The molecule has 0 heterocycles. The Bertz CT molecular complexity index is 318. The van der Waals surface area contributed by atoms with Crippen LogP contribution in [0.1, 0.15) is 18.5 Å². The molecule has 0 saturated heterocycles. The van der Waals surface area contributed by atoms with Gasteiger partial charge in [0.05, 0.1) is 6.04 Å². The van der Waals surface area contributed by atoms with Crippen molar-refractivity contribution in [3.63, 3.8) is 0 Å². The van der Waals surface area contributed by atoms with Crippen LogP contribution in [0.5, 0.6) is 0 Å². The summed E-state index contributed by atoms with van der Waals surface area (Å²) < 4.78 is 0. The largest absolute Gasteiger partial charge is 0.235 e. The van der Waals surface area contributed by atoms with Crippen molar-refractivity contribution in [1.82, 2.24) is 0 Å². The van der Waals surface area contributed by atoms with Gasteiger partial charge in [-0.15, -0.1) is 0 Å². The van der Waals surface area contributed by atoms with Crippen LogP contribution >= 0.6 is 11.6 Å². The lowest BCUT2D eigenvalue weighted by atomic mass is 10.1. The maximum Gasteiger partial charge on any atom is 0.235 e. The minimum Gasteiger partial charge on any atom is -0.211 e. The molecule has 2 nitrogen and oxygen atoms in total. The molecule has 1 unspecified atom stereocenters. The normalized spacial score (nSPS) is 11.8. The third kappa shape index (κ3) is 1.94. The molecule has 1 aromatic rings. The lowest BCUT2D eigenvalue weighted by Gasteiger charge is -2.05. The number of hydrogen-bond donors (Lipinski definition) is 0. The van der Waals surface area contributed by atoms with E-state index in [1.807, 2.05) is 18.2 Å². The summed E-state index contributed by atoms with van der Waals surface area (Å²) in [5.74, 6) is 0. The minimum atomic E-state index is -0.212. The van der Waals surface area contributed by atoms with Crippen LogP contribution in [-0.2, 0) is 4.79 Å². The van der Waals surface area contributed by atoms with Gasteiger partial charge in [-0.2, -0.15) is 4.99 Å². The number of halogens is 1. The van der Waals surface area contributed by atoms with Gasteiger partial charge in [0.25, 0.3) is 0 Å². The molecule has 0 amide bonds. The number of rotatable bonds is 2. The van der Waals surface area contributed by atoms with Gasteiger partial charge in [-0.3, -0.25) is 0 Å². The van der Waals surface area contributed by atoms with E-state index in [1.54, 1.807) is 13.0 Å². The summed E-state index contributed by atoms with van der Waals surface area (Å²) >= 11 is 5.87. The third-order valence-electron chi connectivity index (χ3n) is 1.60. The second kappa shape index (κ2) is 4.05. The van der Waals surface area contributed by atoms with Gasteiger partial charge in [0, 0.05) is 5.02 Å². The first-order valence-corrected chi connectivity index (χ1v) is 3.95. The fourth-order valence-corrected chi connectivity index (χ4v) is 1.26. The van der Waals surface area contributed by atoms with Gasteiger partial charge >= 0.3 is 0 Å². The Labute approximate surface area is 75.9 Å². The number of aliphatic imine (C=N–C) groups is 1.